The number of esters is 1. The van der Waals surface area contributed by atoms with Gasteiger partial charge in [0.2, 0.25) is 23.9 Å². The summed E-state index contributed by atoms with van der Waals surface area (Å²) < 4.78 is 18.4. The van der Waals surface area contributed by atoms with Crippen molar-refractivity contribution in [1.29, 1.82) is 0 Å². The van der Waals surface area contributed by atoms with Crippen LogP contribution in [0.1, 0.15) is 85.1 Å². The van der Waals surface area contributed by atoms with Crippen molar-refractivity contribution < 1.29 is 48.3 Å². The highest BCUT2D eigenvalue weighted by atomic mass is 17.3. The fraction of sp³-hybridized carbons (Fsp3) is 0.706. The Morgan fingerprint density at radius 2 is 1.72 bits per heavy atom. The minimum Gasteiger partial charge on any atom is -0.480 e. The molecule has 46 heavy (non-hydrogen) atoms. The third-order valence-corrected chi connectivity index (χ3v) is 10.2. The molecule has 5 fully saturated rings. The van der Waals surface area contributed by atoms with E-state index in [0.717, 1.165) is 24.8 Å². The first kappa shape index (κ1) is 34.3. The summed E-state index contributed by atoms with van der Waals surface area (Å²) in [6.45, 7) is 9.83. The van der Waals surface area contributed by atoms with Crippen LogP contribution in [0.2, 0.25) is 0 Å². The molecule has 12 heteroatoms. The summed E-state index contributed by atoms with van der Waals surface area (Å²) in [7, 11) is 0. The molecule has 254 valence electrons. The number of amides is 2. The smallest absolute Gasteiger partial charge is 0.326 e. The van der Waals surface area contributed by atoms with Gasteiger partial charge in [0.15, 0.2) is 11.9 Å². The molecule has 1 aromatic rings. The number of hydrogen-bond acceptors (Lipinski definition) is 9. The number of fused-ring (bicyclic) bond motifs is 2. The van der Waals surface area contributed by atoms with E-state index in [1.54, 1.807) is 24.3 Å². The van der Waals surface area contributed by atoms with Crippen LogP contribution in [-0.2, 0) is 49.6 Å². The van der Waals surface area contributed by atoms with Crippen molar-refractivity contribution in [1.82, 2.24) is 10.6 Å². The zero-order valence-corrected chi connectivity index (χ0v) is 27.4. The standard InChI is InChI=1S/C34H48N2O10/c1-19(2)17-25(29(39)36-26(30(40)41)18-22-9-7-6-8-10-22)35-27(37)13-14-28(38)42-31-21(4)24-12-11-20(3)23-15-16-33(5)44-32(43-31)34(23,24)46-45-33/h6-10,19-21,23-26,31-32H,11-18H2,1-5H3,(H,35,37)(H,36,39)(H,40,41)/t20-,21-,23+,24+,25+,26+,31-,32-,33-,34-/m1/s1. The first-order valence-electron chi connectivity index (χ1n) is 16.6. The Kier molecular flexibility index (Phi) is 10.4. The molecule has 2 bridgehead atoms. The zero-order valence-electron chi connectivity index (χ0n) is 27.4. The van der Waals surface area contributed by atoms with Crippen LogP contribution in [0.4, 0.5) is 0 Å². The Morgan fingerprint density at radius 3 is 2.41 bits per heavy atom. The van der Waals surface area contributed by atoms with Gasteiger partial charge in [0.25, 0.3) is 0 Å². The molecule has 4 saturated heterocycles. The van der Waals surface area contributed by atoms with Crippen LogP contribution in [0.25, 0.3) is 0 Å². The third kappa shape index (κ3) is 7.25. The first-order valence-corrected chi connectivity index (χ1v) is 16.6. The molecule has 5 aliphatic rings. The van der Waals surface area contributed by atoms with Crippen molar-refractivity contribution in [2.75, 3.05) is 0 Å². The number of benzene rings is 1. The van der Waals surface area contributed by atoms with Gasteiger partial charge in [-0.25, -0.2) is 14.6 Å². The summed E-state index contributed by atoms with van der Waals surface area (Å²) >= 11 is 0. The molecular formula is C34H48N2O10. The van der Waals surface area contributed by atoms with Crippen molar-refractivity contribution >= 4 is 23.8 Å². The number of hydrogen-bond donors (Lipinski definition) is 3. The van der Waals surface area contributed by atoms with Crippen LogP contribution in [0.15, 0.2) is 30.3 Å². The molecule has 3 N–H and O–H groups in total. The molecule has 4 heterocycles. The van der Waals surface area contributed by atoms with Crippen LogP contribution in [-0.4, -0.2) is 64.9 Å². The molecule has 6 rings (SSSR count). The fourth-order valence-corrected chi connectivity index (χ4v) is 7.70. The second-order valence-corrected chi connectivity index (χ2v) is 14.1. The van der Waals surface area contributed by atoms with Crippen molar-refractivity contribution in [3.05, 3.63) is 35.9 Å². The van der Waals surface area contributed by atoms with E-state index >= 15 is 0 Å². The van der Waals surface area contributed by atoms with Crippen molar-refractivity contribution in [3.8, 4) is 0 Å². The Morgan fingerprint density at radius 1 is 0.978 bits per heavy atom. The number of ether oxygens (including phenoxy) is 3. The molecule has 0 aromatic heterocycles. The molecule has 2 amide bonds. The van der Waals surface area contributed by atoms with Gasteiger partial charge >= 0.3 is 11.9 Å². The topological polar surface area (TPSA) is 159 Å². The van der Waals surface area contributed by atoms with E-state index in [0.29, 0.717) is 18.8 Å². The van der Waals surface area contributed by atoms with Crippen molar-refractivity contribution in [2.24, 2.45) is 29.6 Å². The minimum atomic E-state index is -1.17. The summed E-state index contributed by atoms with van der Waals surface area (Å²) in [6, 6.07) is 6.86. The normalized spacial score (nSPS) is 34.5. The van der Waals surface area contributed by atoms with Gasteiger partial charge < -0.3 is 30.0 Å². The van der Waals surface area contributed by atoms with Crippen LogP contribution in [0.3, 0.4) is 0 Å². The van der Waals surface area contributed by atoms with E-state index in [4.69, 9.17) is 24.0 Å². The Balaban J connectivity index is 1.16. The number of carboxylic acids is 1. The van der Waals surface area contributed by atoms with Gasteiger partial charge in [-0.2, -0.15) is 0 Å². The van der Waals surface area contributed by atoms with Gasteiger partial charge in [-0.05, 0) is 55.9 Å². The van der Waals surface area contributed by atoms with Gasteiger partial charge in [-0.1, -0.05) is 58.0 Å². The lowest BCUT2D eigenvalue weighted by Crippen LogP contribution is -2.70. The molecular weight excluding hydrogens is 596 g/mol. The van der Waals surface area contributed by atoms with Crippen molar-refractivity contribution in [2.45, 2.75) is 122 Å². The molecule has 0 radical (unpaired) electrons. The average Bonchev–Trinajstić information content (AvgIpc) is 3.24. The average molecular weight is 645 g/mol. The van der Waals surface area contributed by atoms with Crippen LogP contribution in [0, 0.1) is 29.6 Å². The predicted octanol–water partition coefficient (Wildman–Crippen LogP) is 3.86. The lowest BCUT2D eigenvalue weighted by atomic mass is 9.58. The molecule has 4 aliphatic heterocycles. The van der Waals surface area contributed by atoms with E-state index in [9.17, 15) is 24.3 Å². The molecule has 1 aliphatic carbocycles. The highest BCUT2D eigenvalue weighted by molar-refractivity contribution is 5.91. The largest absolute Gasteiger partial charge is 0.480 e. The molecule has 1 spiro atoms. The van der Waals surface area contributed by atoms with Gasteiger partial charge in [0.05, 0.1) is 6.42 Å². The first-order chi connectivity index (χ1) is 21.8. The van der Waals surface area contributed by atoms with E-state index < -0.39 is 59.8 Å². The molecule has 1 aromatic carbocycles. The monoisotopic (exact) mass is 644 g/mol. The third-order valence-electron chi connectivity index (χ3n) is 10.2. The van der Waals surface area contributed by atoms with Gasteiger partial charge in [-0.15, -0.1) is 0 Å². The predicted molar refractivity (Wildman–Crippen MR) is 163 cm³/mol. The number of rotatable bonds is 12. The van der Waals surface area contributed by atoms with Crippen LogP contribution in [0.5, 0.6) is 0 Å². The maximum absolute atomic E-state index is 13.2. The maximum atomic E-state index is 13.2. The second-order valence-electron chi connectivity index (χ2n) is 14.1. The van der Waals surface area contributed by atoms with E-state index in [-0.39, 0.29) is 42.9 Å². The highest BCUT2D eigenvalue weighted by Crippen LogP contribution is 2.60. The summed E-state index contributed by atoms with van der Waals surface area (Å²) in [4.78, 5) is 63.0. The van der Waals surface area contributed by atoms with E-state index in [1.165, 1.54) is 0 Å². The van der Waals surface area contributed by atoms with Gasteiger partial charge in [0, 0.05) is 31.1 Å². The summed E-state index contributed by atoms with van der Waals surface area (Å²) in [5, 5.41) is 15.0. The number of aliphatic carboxylic acids is 1. The number of nitrogens with one attached hydrogen (secondary N) is 2. The highest BCUT2D eigenvalue weighted by Gasteiger charge is 2.69. The number of carbonyl (C=O) groups is 4. The molecule has 1 saturated carbocycles. The number of carboxylic acid groups (broad SMARTS) is 1. The van der Waals surface area contributed by atoms with E-state index in [1.807, 2.05) is 33.8 Å². The second kappa shape index (κ2) is 14.0. The fourth-order valence-electron chi connectivity index (χ4n) is 7.70. The minimum absolute atomic E-state index is 0.0111. The van der Waals surface area contributed by atoms with Crippen molar-refractivity contribution in [3.63, 3.8) is 0 Å². The summed E-state index contributed by atoms with van der Waals surface area (Å²) in [6.07, 6.45) is 1.75. The zero-order chi connectivity index (χ0) is 33.2. The summed E-state index contributed by atoms with van der Waals surface area (Å²) in [5.74, 6) is -3.43. The lowest BCUT2D eigenvalue weighted by Gasteiger charge is -2.59. The SMILES string of the molecule is CC(C)C[C@H](NC(=O)CCC(=O)O[C@@H]1O[C@@H]2O[C@@]3(C)CC[C@H]4[C@H](C)CC[C@@H]([C@H]1C)[C@@]24OO3)C(=O)N[C@@H](Cc1ccccc1)C(=O)O. The van der Waals surface area contributed by atoms with Crippen LogP contribution < -0.4 is 10.6 Å². The van der Waals surface area contributed by atoms with Crippen LogP contribution >= 0.6 is 0 Å². The molecule has 12 nitrogen and oxygen atoms in total. The lowest BCUT2D eigenvalue weighted by molar-refractivity contribution is -0.576. The Labute approximate surface area is 270 Å². The number of carbonyl (C=O) groups excluding carboxylic acids is 3. The van der Waals surface area contributed by atoms with E-state index in [2.05, 4.69) is 17.6 Å². The quantitative estimate of drug-likeness (QED) is 0.225. The molecule has 10 atom stereocenters. The Bertz CT molecular complexity index is 1280. The van der Waals surface area contributed by atoms with Gasteiger partial charge in [0.1, 0.15) is 12.1 Å². The molecule has 0 unspecified atom stereocenters. The summed E-state index contributed by atoms with van der Waals surface area (Å²) in [5.41, 5.74) is -0.0153. The van der Waals surface area contributed by atoms with Gasteiger partial charge in [-0.3, -0.25) is 14.4 Å². The maximum Gasteiger partial charge on any atom is 0.326 e. The Hall–Kier alpha value is -3.06.